The summed E-state index contributed by atoms with van der Waals surface area (Å²) in [7, 11) is 0. The van der Waals surface area contributed by atoms with Gasteiger partial charge in [-0.25, -0.2) is 0 Å². The summed E-state index contributed by atoms with van der Waals surface area (Å²) >= 11 is 0. The molecule has 2 fully saturated rings. The van der Waals surface area contributed by atoms with Crippen molar-refractivity contribution in [3.05, 3.63) is 47.9 Å². The Morgan fingerprint density at radius 1 is 1.16 bits per heavy atom. The number of carbonyl (C=O) groups is 1. The Morgan fingerprint density at radius 2 is 1.97 bits per heavy atom. The first-order valence-corrected chi connectivity index (χ1v) is 11.7. The summed E-state index contributed by atoms with van der Waals surface area (Å²) in [6.45, 7) is 8.38. The highest BCUT2D eigenvalue weighted by Gasteiger charge is 2.28. The van der Waals surface area contributed by atoms with Crippen molar-refractivity contribution < 1.29 is 9.53 Å². The van der Waals surface area contributed by atoms with E-state index < -0.39 is 0 Å². The van der Waals surface area contributed by atoms with Crippen LogP contribution in [0.5, 0.6) is 0 Å². The number of H-pyrrole nitrogens is 1. The highest BCUT2D eigenvalue weighted by atomic mass is 16.5. The molecule has 2 aliphatic rings. The molecular weight excluding hydrogens is 402 g/mol. The molecule has 4 heterocycles. The van der Waals surface area contributed by atoms with Crippen molar-refractivity contribution in [3.8, 4) is 11.1 Å². The van der Waals surface area contributed by atoms with E-state index in [0.29, 0.717) is 11.6 Å². The van der Waals surface area contributed by atoms with Crippen molar-refractivity contribution in [3.63, 3.8) is 0 Å². The van der Waals surface area contributed by atoms with Crippen molar-refractivity contribution in [2.24, 2.45) is 11.8 Å². The van der Waals surface area contributed by atoms with Gasteiger partial charge in [-0.15, -0.1) is 0 Å². The Bertz CT molecular complexity index is 1080. The Morgan fingerprint density at radius 3 is 2.78 bits per heavy atom. The van der Waals surface area contributed by atoms with Gasteiger partial charge >= 0.3 is 0 Å². The molecule has 0 saturated carbocycles. The number of aromatic amines is 1. The molecule has 0 radical (unpaired) electrons. The Balaban J connectivity index is 1.40. The summed E-state index contributed by atoms with van der Waals surface area (Å²) in [5, 5.41) is 11.7. The predicted molar refractivity (Wildman–Crippen MR) is 125 cm³/mol. The zero-order valence-corrected chi connectivity index (χ0v) is 18.6. The highest BCUT2D eigenvalue weighted by Crippen LogP contribution is 2.30. The lowest BCUT2D eigenvalue weighted by molar-refractivity contribution is 0.0341. The van der Waals surface area contributed by atoms with Crippen molar-refractivity contribution >= 4 is 16.7 Å². The molecule has 7 heteroatoms. The van der Waals surface area contributed by atoms with Crippen LogP contribution in [0.1, 0.15) is 35.8 Å². The smallest absolute Gasteiger partial charge is 0.186 e. The van der Waals surface area contributed by atoms with Crippen LogP contribution in [-0.4, -0.2) is 65.3 Å². The molecule has 1 unspecified atom stereocenters. The zero-order valence-electron chi connectivity index (χ0n) is 18.6. The summed E-state index contributed by atoms with van der Waals surface area (Å²) in [5.74, 6) is 0.532. The topological polar surface area (TPSA) is 83.1 Å². The van der Waals surface area contributed by atoms with E-state index in [4.69, 9.17) is 4.74 Å². The van der Waals surface area contributed by atoms with Crippen LogP contribution in [-0.2, 0) is 11.3 Å². The summed E-state index contributed by atoms with van der Waals surface area (Å²) in [6.07, 6.45) is 5.92. The van der Waals surface area contributed by atoms with E-state index in [9.17, 15) is 4.79 Å². The number of fused-ring (bicyclic) bond motifs is 1. The van der Waals surface area contributed by atoms with Gasteiger partial charge in [0.1, 0.15) is 5.69 Å². The molecule has 2 aromatic heterocycles. The maximum absolute atomic E-state index is 13.3. The Hall–Kier alpha value is -2.61. The molecule has 32 heavy (non-hydrogen) atoms. The van der Waals surface area contributed by atoms with Crippen molar-refractivity contribution in [1.29, 1.82) is 0 Å². The Labute approximate surface area is 188 Å². The van der Waals surface area contributed by atoms with Gasteiger partial charge in [-0.2, -0.15) is 5.10 Å². The van der Waals surface area contributed by atoms with E-state index in [-0.39, 0.29) is 11.7 Å². The number of nitrogens with zero attached hydrogens (tertiary/aromatic N) is 3. The first kappa shape index (κ1) is 21.2. The summed E-state index contributed by atoms with van der Waals surface area (Å²) in [5.41, 5.74) is 4.76. The average Bonchev–Trinajstić information content (AvgIpc) is 3.28. The molecule has 168 valence electrons. The average molecular weight is 434 g/mol. The molecule has 0 bridgehead atoms. The summed E-state index contributed by atoms with van der Waals surface area (Å²) in [4.78, 5) is 20.2. The monoisotopic (exact) mass is 433 g/mol. The number of piperidine rings is 1. The number of morpholine rings is 1. The third-order valence-corrected chi connectivity index (χ3v) is 6.94. The Kier molecular flexibility index (Phi) is 6.30. The van der Waals surface area contributed by atoms with Crippen LogP contribution in [0.3, 0.4) is 0 Å². The van der Waals surface area contributed by atoms with Gasteiger partial charge in [0, 0.05) is 48.9 Å². The van der Waals surface area contributed by atoms with E-state index in [1.54, 1.807) is 0 Å². The lowest BCUT2D eigenvalue weighted by Crippen LogP contribution is -2.35. The third kappa shape index (κ3) is 4.46. The number of benzene rings is 1. The molecule has 0 aliphatic carbocycles. The molecule has 0 spiro atoms. The van der Waals surface area contributed by atoms with Crippen LogP contribution < -0.4 is 5.32 Å². The van der Waals surface area contributed by atoms with Gasteiger partial charge in [-0.05, 0) is 61.2 Å². The number of rotatable bonds is 6. The molecule has 2 aliphatic heterocycles. The van der Waals surface area contributed by atoms with Gasteiger partial charge < -0.3 is 10.1 Å². The van der Waals surface area contributed by atoms with E-state index in [1.165, 1.54) is 5.56 Å². The van der Waals surface area contributed by atoms with Crippen LogP contribution in [0.25, 0.3) is 22.0 Å². The normalized spacial score (nSPS) is 19.3. The second-order valence-electron chi connectivity index (χ2n) is 9.04. The number of aromatic nitrogens is 3. The maximum atomic E-state index is 13.3. The molecule has 2 N–H and O–H groups in total. The molecule has 1 aromatic carbocycles. The van der Waals surface area contributed by atoms with Gasteiger partial charge in [-0.1, -0.05) is 13.0 Å². The quantitative estimate of drug-likeness (QED) is 0.581. The SMILES string of the molecule is CC(C(=O)c1n[nH]c2ccc(-c3cncc(CN4CCOCC4)c3)cc12)C1CCNCC1. The first-order valence-electron chi connectivity index (χ1n) is 11.7. The standard InChI is InChI=1S/C25H31N5O2/c1-17(19-4-6-26-7-5-19)25(31)24-22-13-20(2-3-23(22)28-29-24)21-12-18(14-27-15-21)16-30-8-10-32-11-9-30/h2-3,12-15,17,19,26H,4-11,16H2,1H3,(H,28,29). The second-order valence-corrected chi connectivity index (χ2v) is 9.04. The molecule has 5 rings (SSSR count). The van der Waals surface area contributed by atoms with Crippen LogP contribution >= 0.6 is 0 Å². The van der Waals surface area contributed by atoms with Crippen molar-refractivity contribution in [2.45, 2.75) is 26.3 Å². The minimum atomic E-state index is -0.0224. The van der Waals surface area contributed by atoms with Crippen LogP contribution in [0.4, 0.5) is 0 Å². The van der Waals surface area contributed by atoms with E-state index in [0.717, 1.165) is 80.8 Å². The highest BCUT2D eigenvalue weighted by molar-refractivity contribution is 6.07. The number of hydrogen-bond donors (Lipinski definition) is 2. The minimum absolute atomic E-state index is 0.0224. The summed E-state index contributed by atoms with van der Waals surface area (Å²) < 4.78 is 5.45. The number of hydrogen-bond acceptors (Lipinski definition) is 6. The van der Waals surface area contributed by atoms with E-state index in [2.05, 4.69) is 50.5 Å². The first-order chi connectivity index (χ1) is 15.7. The third-order valence-electron chi connectivity index (χ3n) is 6.94. The van der Waals surface area contributed by atoms with Crippen LogP contribution in [0, 0.1) is 11.8 Å². The lowest BCUT2D eigenvalue weighted by Gasteiger charge is -2.27. The molecule has 0 amide bonds. The van der Waals surface area contributed by atoms with Gasteiger partial charge in [-0.3, -0.25) is 19.8 Å². The fraction of sp³-hybridized carbons (Fsp3) is 0.480. The molecule has 7 nitrogen and oxygen atoms in total. The van der Waals surface area contributed by atoms with Crippen LogP contribution in [0.2, 0.25) is 0 Å². The predicted octanol–water partition coefficient (Wildman–Crippen LogP) is 3.28. The molecular formula is C25H31N5O2. The fourth-order valence-corrected chi connectivity index (χ4v) is 4.90. The second kappa shape index (κ2) is 9.48. The fourth-order valence-electron chi connectivity index (χ4n) is 4.90. The zero-order chi connectivity index (χ0) is 21.9. The largest absolute Gasteiger partial charge is 0.379 e. The van der Waals surface area contributed by atoms with Gasteiger partial charge in [0.25, 0.3) is 0 Å². The number of pyridine rings is 1. The number of Topliss-reactive ketones (excluding diaryl/α,β-unsaturated/α-hetero) is 1. The van der Waals surface area contributed by atoms with Gasteiger partial charge in [0.15, 0.2) is 5.78 Å². The maximum Gasteiger partial charge on any atom is 0.186 e. The van der Waals surface area contributed by atoms with E-state index in [1.807, 2.05) is 18.5 Å². The van der Waals surface area contributed by atoms with Gasteiger partial charge in [0.05, 0.1) is 18.7 Å². The van der Waals surface area contributed by atoms with Crippen molar-refractivity contribution in [2.75, 3.05) is 39.4 Å². The number of ketones is 1. The number of ether oxygens (including phenoxy) is 1. The van der Waals surface area contributed by atoms with E-state index >= 15 is 0 Å². The summed E-state index contributed by atoms with van der Waals surface area (Å²) in [6, 6.07) is 8.36. The number of carbonyl (C=O) groups excluding carboxylic acids is 1. The van der Waals surface area contributed by atoms with Gasteiger partial charge in [0.2, 0.25) is 0 Å². The van der Waals surface area contributed by atoms with Crippen molar-refractivity contribution in [1.82, 2.24) is 25.4 Å². The number of nitrogens with one attached hydrogen (secondary N) is 2. The van der Waals surface area contributed by atoms with Crippen LogP contribution in [0.15, 0.2) is 36.7 Å². The molecule has 3 aromatic rings. The lowest BCUT2D eigenvalue weighted by atomic mass is 9.82. The minimum Gasteiger partial charge on any atom is -0.379 e. The molecule has 1 atom stereocenters. The molecule has 2 saturated heterocycles.